The van der Waals surface area contributed by atoms with Gasteiger partial charge in [-0.3, -0.25) is 4.72 Å². The number of anilines is 2. The van der Waals surface area contributed by atoms with Gasteiger partial charge in [-0.1, -0.05) is 6.07 Å². The van der Waals surface area contributed by atoms with Gasteiger partial charge in [0.25, 0.3) is 10.0 Å². The minimum atomic E-state index is -4.60. The third-order valence-electron chi connectivity index (χ3n) is 3.11. The van der Waals surface area contributed by atoms with Crippen molar-refractivity contribution in [2.75, 3.05) is 23.7 Å². The Morgan fingerprint density at radius 1 is 1.00 bits per heavy atom. The van der Waals surface area contributed by atoms with Crippen molar-refractivity contribution in [3.8, 4) is 0 Å². The number of halogens is 3. The standard InChI is InChI=1S/C15H15F3N2O2S/c1-20(2)13-8-6-12(7-9-13)19-23(21,22)14-5-3-4-11(10-14)15(16,17)18/h3-10,19H,1-2H3. The van der Waals surface area contributed by atoms with Crippen molar-refractivity contribution in [2.24, 2.45) is 0 Å². The van der Waals surface area contributed by atoms with Gasteiger partial charge in [0.15, 0.2) is 0 Å². The molecular weight excluding hydrogens is 329 g/mol. The largest absolute Gasteiger partial charge is 0.416 e. The fourth-order valence-corrected chi connectivity index (χ4v) is 2.99. The summed E-state index contributed by atoms with van der Waals surface area (Å²) in [6.07, 6.45) is -4.60. The fraction of sp³-hybridized carbons (Fsp3) is 0.200. The first-order valence-corrected chi connectivity index (χ1v) is 8.05. The molecule has 0 aromatic heterocycles. The third-order valence-corrected chi connectivity index (χ3v) is 4.49. The lowest BCUT2D eigenvalue weighted by atomic mass is 10.2. The Morgan fingerprint density at radius 2 is 1.61 bits per heavy atom. The van der Waals surface area contributed by atoms with Crippen LogP contribution in [0.5, 0.6) is 0 Å². The smallest absolute Gasteiger partial charge is 0.378 e. The second-order valence-corrected chi connectivity index (χ2v) is 6.75. The van der Waals surface area contributed by atoms with Crippen LogP contribution in [-0.4, -0.2) is 22.5 Å². The zero-order valence-electron chi connectivity index (χ0n) is 12.4. The first-order chi connectivity index (χ1) is 10.6. The van der Waals surface area contributed by atoms with Gasteiger partial charge in [0.2, 0.25) is 0 Å². The minimum Gasteiger partial charge on any atom is -0.378 e. The van der Waals surface area contributed by atoms with E-state index in [0.717, 1.165) is 23.9 Å². The summed E-state index contributed by atoms with van der Waals surface area (Å²) in [6.45, 7) is 0. The second-order valence-electron chi connectivity index (χ2n) is 5.07. The number of hydrogen-bond donors (Lipinski definition) is 1. The lowest BCUT2D eigenvalue weighted by molar-refractivity contribution is -0.137. The topological polar surface area (TPSA) is 49.4 Å². The van der Waals surface area contributed by atoms with E-state index >= 15 is 0 Å². The molecule has 0 unspecified atom stereocenters. The normalized spacial score (nSPS) is 12.0. The predicted octanol–water partition coefficient (Wildman–Crippen LogP) is 3.57. The van der Waals surface area contributed by atoms with Crippen LogP contribution in [0, 0.1) is 0 Å². The molecule has 0 aliphatic heterocycles. The van der Waals surface area contributed by atoms with Crippen LogP contribution in [-0.2, 0) is 16.2 Å². The summed E-state index contributed by atoms with van der Waals surface area (Å²) in [4.78, 5) is 1.40. The Morgan fingerprint density at radius 3 is 2.13 bits per heavy atom. The molecule has 0 fully saturated rings. The fourth-order valence-electron chi connectivity index (χ4n) is 1.88. The highest BCUT2D eigenvalue weighted by molar-refractivity contribution is 7.92. The molecule has 0 saturated carbocycles. The molecule has 1 N–H and O–H groups in total. The first kappa shape index (κ1) is 17.1. The van der Waals surface area contributed by atoms with E-state index in [9.17, 15) is 21.6 Å². The number of rotatable bonds is 4. The molecule has 23 heavy (non-hydrogen) atoms. The van der Waals surface area contributed by atoms with Crippen molar-refractivity contribution in [3.63, 3.8) is 0 Å². The van der Waals surface area contributed by atoms with Gasteiger partial charge >= 0.3 is 6.18 Å². The van der Waals surface area contributed by atoms with Gasteiger partial charge in [-0.15, -0.1) is 0 Å². The van der Waals surface area contributed by atoms with Gasteiger partial charge in [-0.05, 0) is 42.5 Å². The monoisotopic (exact) mass is 344 g/mol. The van der Waals surface area contributed by atoms with Gasteiger partial charge in [0.1, 0.15) is 0 Å². The molecule has 124 valence electrons. The molecule has 2 aromatic rings. The molecule has 0 amide bonds. The zero-order valence-corrected chi connectivity index (χ0v) is 13.2. The molecule has 4 nitrogen and oxygen atoms in total. The molecule has 0 bridgehead atoms. The van der Waals surface area contributed by atoms with Crippen molar-refractivity contribution < 1.29 is 21.6 Å². The lowest BCUT2D eigenvalue weighted by Crippen LogP contribution is -2.15. The van der Waals surface area contributed by atoms with E-state index in [4.69, 9.17) is 0 Å². The molecule has 0 atom stereocenters. The third kappa shape index (κ3) is 4.16. The highest BCUT2D eigenvalue weighted by atomic mass is 32.2. The van der Waals surface area contributed by atoms with Crippen LogP contribution < -0.4 is 9.62 Å². The molecule has 2 aromatic carbocycles. The van der Waals surface area contributed by atoms with E-state index in [1.807, 2.05) is 19.0 Å². The van der Waals surface area contributed by atoms with Crippen LogP contribution in [0.4, 0.5) is 24.5 Å². The number of benzene rings is 2. The summed E-state index contributed by atoms with van der Waals surface area (Å²) in [5, 5.41) is 0. The van der Waals surface area contributed by atoms with Gasteiger partial charge in [0, 0.05) is 25.5 Å². The van der Waals surface area contributed by atoms with Crippen LogP contribution in [0.3, 0.4) is 0 Å². The van der Waals surface area contributed by atoms with E-state index in [1.165, 1.54) is 0 Å². The summed E-state index contributed by atoms with van der Waals surface area (Å²) in [5.74, 6) is 0. The Labute approximate surface area is 132 Å². The Hall–Kier alpha value is -2.22. The molecule has 0 saturated heterocycles. The van der Waals surface area contributed by atoms with Gasteiger partial charge in [-0.2, -0.15) is 13.2 Å². The summed E-state index contributed by atoms with van der Waals surface area (Å²) in [7, 11) is -0.423. The van der Waals surface area contributed by atoms with E-state index < -0.39 is 26.7 Å². The Balaban J connectivity index is 2.28. The molecule has 0 heterocycles. The van der Waals surface area contributed by atoms with E-state index in [-0.39, 0.29) is 5.69 Å². The van der Waals surface area contributed by atoms with Crippen molar-refractivity contribution in [3.05, 3.63) is 54.1 Å². The zero-order chi connectivity index (χ0) is 17.3. The lowest BCUT2D eigenvalue weighted by Gasteiger charge is -2.14. The van der Waals surface area contributed by atoms with Crippen molar-refractivity contribution >= 4 is 21.4 Å². The SMILES string of the molecule is CN(C)c1ccc(NS(=O)(=O)c2cccc(C(F)(F)F)c2)cc1. The highest BCUT2D eigenvalue weighted by Gasteiger charge is 2.31. The average Bonchev–Trinajstić information content (AvgIpc) is 2.46. The van der Waals surface area contributed by atoms with E-state index in [0.29, 0.717) is 6.07 Å². The maximum atomic E-state index is 12.7. The first-order valence-electron chi connectivity index (χ1n) is 6.57. The van der Waals surface area contributed by atoms with Gasteiger partial charge in [0.05, 0.1) is 10.5 Å². The summed E-state index contributed by atoms with van der Waals surface area (Å²) < 4.78 is 64.7. The molecule has 0 spiro atoms. The number of hydrogen-bond acceptors (Lipinski definition) is 3. The Kier molecular flexibility index (Phi) is 4.56. The number of nitrogens with zero attached hydrogens (tertiary/aromatic N) is 1. The second kappa shape index (κ2) is 6.11. The molecule has 2 rings (SSSR count). The van der Waals surface area contributed by atoms with Crippen molar-refractivity contribution in [1.29, 1.82) is 0 Å². The van der Waals surface area contributed by atoms with Crippen molar-refractivity contribution in [2.45, 2.75) is 11.1 Å². The minimum absolute atomic E-state index is 0.271. The molecule has 0 aliphatic rings. The van der Waals surface area contributed by atoms with E-state index in [2.05, 4.69) is 4.72 Å². The Bertz CT molecular complexity index is 785. The number of sulfonamides is 1. The average molecular weight is 344 g/mol. The molecule has 0 radical (unpaired) electrons. The molecular formula is C15H15F3N2O2S. The van der Waals surface area contributed by atoms with Crippen LogP contribution in [0.2, 0.25) is 0 Å². The molecule has 8 heteroatoms. The van der Waals surface area contributed by atoms with Gasteiger partial charge in [-0.25, -0.2) is 8.42 Å². The quantitative estimate of drug-likeness (QED) is 0.922. The van der Waals surface area contributed by atoms with Crippen LogP contribution in [0.25, 0.3) is 0 Å². The van der Waals surface area contributed by atoms with Gasteiger partial charge < -0.3 is 4.90 Å². The maximum absolute atomic E-state index is 12.7. The predicted molar refractivity (Wildman–Crippen MR) is 83.0 cm³/mol. The summed E-state index contributed by atoms with van der Waals surface area (Å²) in [5.41, 5.74) is 0.128. The van der Waals surface area contributed by atoms with Crippen LogP contribution >= 0.6 is 0 Å². The number of alkyl halides is 3. The van der Waals surface area contributed by atoms with Crippen LogP contribution in [0.15, 0.2) is 53.4 Å². The summed E-state index contributed by atoms with van der Waals surface area (Å²) >= 11 is 0. The van der Waals surface area contributed by atoms with Crippen molar-refractivity contribution in [1.82, 2.24) is 0 Å². The number of nitrogens with one attached hydrogen (secondary N) is 1. The maximum Gasteiger partial charge on any atom is 0.416 e. The van der Waals surface area contributed by atoms with Crippen LogP contribution in [0.1, 0.15) is 5.56 Å². The molecule has 0 aliphatic carbocycles. The highest BCUT2D eigenvalue weighted by Crippen LogP contribution is 2.31. The van der Waals surface area contributed by atoms with E-state index in [1.54, 1.807) is 24.3 Å². The summed E-state index contributed by atoms with van der Waals surface area (Å²) in [6, 6.07) is 10.1.